The summed E-state index contributed by atoms with van der Waals surface area (Å²) in [6.07, 6.45) is 2.58. The van der Waals surface area contributed by atoms with E-state index in [1.165, 1.54) is 0 Å². The number of carboxylic acid groups (broad SMARTS) is 1. The highest BCUT2D eigenvalue weighted by molar-refractivity contribution is 5.83. The van der Waals surface area contributed by atoms with Gasteiger partial charge in [-0.3, -0.25) is 0 Å². The van der Waals surface area contributed by atoms with E-state index in [2.05, 4.69) is 27.7 Å². The zero-order valence-corrected chi connectivity index (χ0v) is 13.6. The van der Waals surface area contributed by atoms with E-state index >= 15 is 0 Å². The summed E-state index contributed by atoms with van der Waals surface area (Å²) in [6.45, 7) is 9.77. The molecular formula is C16H28N2O3. The second kappa shape index (κ2) is 6.24. The lowest BCUT2D eigenvalue weighted by molar-refractivity contribution is -0.144. The Kier molecular flexibility index (Phi) is 4.79. The fourth-order valence-electron chi connectivity index (χ4n) is 3.74. The lowest BCUT2D eigenvalue weighted by Gasteiger charge is -2.45. The smallest absolute Gasteiger partial charge is 0.326 e. The first kappa shape index (κ1) is 16.1. The van der Waals surface area contributed by atoms with Crippen molar-refractivity contribution < 1.29 is 14.7 Å². The third-order valence-corrected chi connectivity index (χ3v) is 5.24. The number of amides is 2. The summed E-state index contributed by atoms with van der Waals surface area (Å²) in [5, 5.41) is 9.43. The second-order valence-corrected chi connectivity index (χ2v) is 7.17. The molecule has 0 aromatic rings. The fraction of sp³-hybridized carbons (Fsp3) is 0.875. The first-order chi connectivity index (χ1) is 9.81. The molecule has 5 heteroatoms. The van der Waals surface area contributed by atoms with Gasteiger partial charge in [-0.05, 0) is 43.9 Å². The Morgan fingerprint density at radius 2 is 1.67 bits per heavy atom. The molecule has 5 atom stereocenters. The average Bonchev–Trinajstić information content (AvgIpc) is 2.42. The Morgan fingerprint density at radius 1 is 1.00 bits per heavy atom. The number of rotatable bonds is 1. The second-order valence-electron chi connectivity index (χ2n) is 7.17. The Bertz CT molecular complexity index is 412. The molecule has 0 spiro atoms. The van der Waals surface area contributed by atoms with Gasteiger partial charge in [0.15, 0.2) is 0 Å². The number of carboxylic acids is 1. The number of urea groups is 1. The first-order valence-corrected chi connectivity index (χ1v) is 8.11. The minimum absolute atomic E-state index is 0.0831. The predicted molar refractivity (Wildman–Crippen MR) is 81.0 cm³/mol. The van der Waals surface area contributed by atoms with E-state index in [0.29, 0.717) is 30.7 Å². The third-order valence-electron chi connectivity index (χ3n) is 5.24. The third kappa shape index (κ3) is 3.33. The molecule has 21 heavy (non-hydrogen) atoms. The Labute approximate surface area is 127 Å². The molecule has 2 aliphatic rings. The highest BCUT2D eigenvalue weighted by Crippen LogP contribution is 2.30. The van der Waals surface area contributed by atoms with Gasteiger partial charge in [-0.15, -0.1) is 0 Å². The minimum atomic E-state index is -0.874. The van der Waals surface area contributed by atoms with Crippen molar-refractivity contribution in [3.63, 3.8) is 0 Å². The summed E-state index contributed by atoms with van der Waals surface area (Å²) >= 11 is 0. The van der Waals surface area contributed by atoms with E-state index in [0.717, 1.165) is 19.4 Å². The molecule has 2 heterocycles. The van der Waals surface area contributed by atoms with Gasteiger partial charge in [-0.1, -0.05) is 20.8 Å². The van der Waals surface area contributed by atoms with E-state index < -0.39 is 12.0 Å². The van der Waals surface area contributed by atoms with Gasteiger partial charge in [-0.25, -0.2) is 9.59 Å². The Hall–Kier alpha value is -1.26. The number of nitrogens with zero attached hydrogens (tertiary/aromatic N) is 2. The van der Waals surface area contributed by atoms with Crippen LogP contribution in [0, 0.1) is 17.8 Å². The van der Waals surface area contributed by atoms with Crippen molar-refractivity contribution in [2.24, 2.45) is 17.8 Å². The summed E-state index contributed by atoms with van der Waals surface area (Å²) in [6, 6.07) is -0.566. The summed E-state index contributed by atoms with van der Waals surface area (Å²) in [7, 11) is 0. The SMILES string of the molecule is CC1CCN(C(=O)N2CC(C)CC(C)C2C)C(C(=O)O)C1. The van der Waals surface area contributed by atoms with Crippen LogP contribution in [0.3, 0.4) is 0 Å². The number of carbonyl (C=O) groups excluding carboxylic acids is 1. The molecule has 2 aliphatic heterocycles. The molecule has 0 aromatic heterocycles. The standard InChI is InChI=1S/C16H28N2O3/c1-10-5-6-17(14(8-10)15(19)20)16(21)18-9-11(2)7-12(3)13(18)4/h10-14H,5-9H2,1-4H3,(H,19,20). The molecule has 0 bridgehead atoms. The van der Waals surface area contributed by atoms with Crippen LogP contribution >= 0.6 is 0 Å². The van der Waals surface area contributed by atoms with Crippen LogP contribution in [0.25, 0.3) is 0 Å². The van der Waals surface area contributed by atoms with Crippen LogP contribution in [0.2, 0.25) is 0 Å². The van der Waals surface area contributed by atoms with Gasteiger partial charge in [0.2, 0.25) is 0 Å². The summed E-state index contributed by atoms with van der Waals surface area (Å²) < 4.78 is 0. The molecule has 0 saturated carbocycles. The quantitative estimate of drug-likeness (QED) is 0.809. The van der Waals surface area contributed by atoms with Crippen LogP contribution in [0.4, 0.5) is 4.79 Å². The van der Waals surface area contributed by atoms with Crippen molar-refractivity contribution >= 4 is 12.0 Å². The zero-order chi connectivity index (χ0) is 15.7. The highest BCUT2D eigenvalue weighted by atomic mass is 16.4. The van der Waals surface area contributed by atoms with Gasteiger partial charge in [0.1, 0.15) is 6.04 Å². The van der Waals surface area contributed by atoms with Crippen molar-refractivity contribution in [1.82, 2.24) is 9.80 Å². The van der Waals surface area contributed by atoms with Crippen LogP contribution in [0.1, 0.15) is 47.0 Å². The molecule has 2 rings (SSSR count). The van der Waals surface area contributed by atoms with Gasteiger partial charge < -0.3 is 14.9 Å². The summed E-state index contributed by atoms with van der Waals surface area (Å²) in [5.41, 5.74) is 0. The van der Waals surface area contributed by atoms with Crippen molar-refractivity contribution in [2.75, 3.05) is 13.1 Å². The van der Waals surface area contributed by atoms with Crippen molar-refractivity contribution in [3.05, 3.63) is 0 Å². The molecule has 0 aromatic carbocycles. The van der Waals surface area contributed by atoms with Crippen molar-refractivity contribution in [2.45, 2.75) is 59.0 Å². The molecule has 5 nitrogen and oxygen atoms in total. The molecule has 5 unspecified atom stereocenters. The Balaban J connectivity index is 2.15. The van der Waals surface area contributed by atoms with E-state index in [9.17, 15) is 14.7 Å². The van der Waals surface area contributed by atoms with E-state index in [4.69, 9.17) is 0 Å². The monoisotopic (exact) mass is 296 g/mol. The maximum atomic E-state index is 12.9. The van der Waals surface area contributed by atoms with Crippen LogP contribution in [-0.4, -0.2) is 52.1 Å². The Morgan fingerprint density at radius 3 is 2.29 bits per heavy atom. The number of carbonyl (C=O) groups is 2. The molecule has 2 saturated heterocycles. The van der Waals surface area contributed by atoms with Gasteiger partial charge in [0, 0.05) is 19.1 Å². The summed E-state index contributed by atoms with van der Waals surface area (Å²) in [5.74, 6) is 0.435. The predicted octanol–water partition coefficient (Wildman–Crippen LogP) is 2.66. The van der Waals surface area contributed by atoms with Gasteiger partial charge in [0.25, 0.3) is 0 Å². The fourth-order valence-corrected chi connectivity index (χ4v) is 3.74. The topological polar surface area (TPSA) is 60.9 Å². The highest BCUT2D eigenvalue weighted by Gasteiger charge is 2.40. The average molecular weight is 296 g/mol. The van der Waals surface area contributed by atoms with Gasteiger partial charge >= 0.3 is 12.0 Å². The van der Waals surface area contributed by atoms with E-state index in [1.54, 1.807) is 4.90 Å². The molecule has 1 N–H and O–H groups in total. The number of hydrogen-bond donors (Lipinski definition) is 1. The normalized spacial score (nSPS) is 37.4. The number of hydrogen-bond acceptors (Lipinski definition) is 2. The molecule has 2 amide bonds. The van der Waals surface area contributed by atoms with Crippen LogP contribution in [-0.2, 0) is 4.79 Å². The van der Waals surface area contributed by atoms with Crippen LogP contribution in [0.15, 0.2) is 0 Å². The minimum Gasteiger partial charge on any atom is -0.480 e. The lowest BCUT2D eigenvalue weighted by Crippen LogP contribution is -2.59. The number of aliphatic carboxylic acids is 1. The van der Waals surface area contributed by atoms with Crippen LogP contribution < -0.4 is 0 Å². The largest absolute Gasteiger partial charge is 0.480 e. The molecule has 120 valence electrons. The number of piperidine rings is 2. The first-order valence-electron chi connectivity index (χ1n) is 8.11. The maximum absolute atomic E-state index is 12.9. The molecule has 2 fully saturated rings. The van der Waals surface area contributed by atoms with Crippen molar-refractivity contribution in [1.29, 1.82) is 0 Å². The van der Waals surface area contributed by atoms with Crippen molar-refractivity contribution in [3.8, 4) is 0 Å². The van der Waals surface area contributed by atoms with Gasteiger partial charge in [0.05, 0.1) is 0 Å². The van der Waals surface area contributed by atoms with Gasteiger partial charge in [-0.2, -0.15) is 0 Å². The molecule has 0 radical (unpaired) electrons. The van der Waals surface area contributed by atoms with E-state index in [1.807, 2.05) is 4.90 Å². The summed E-state index contributed by atoms with van der Waals surface area (Å²) in [4.78, 5) is 27.8. The molecule has 0 aliphatic carbocycles. The molecular weight excluding hydrogens is 268 g/mol. The van der Waals surface area contributed by atoms with Crippen LogP contribution in [0.5, 0.6) is 0 Å². The lowest BCUT2D eigenvalue weighted by atomic mass is 9.86. The number of likely N-dealkylation sites (tertiary alicyclic amines) is 2. The zero-order valence-electron chi connectivity index (χ0n) is 13.6. The van der Waals surface area contributed by atoms with E-state index in [-0.39, 0.29) is 12.1 Å². The maximum Gasteiger partial charge on any atom is 0.326 e.